The smallest absolute Gasteiger partial charge is 0.269 e. The number of nitrogens with zero attached hydrogens (tertiary/aromatic N) is 3. The molecule has 0 spiro atoms. The van der Waals surface area contributed by atoms with Gasteiger partial charge in [-0.1, -0.05) is 56.2 Å². The summed E-state index contributed by atoms with van der Waals surface area (Å²) < 4.78 is 0. The summed E-state index contributed by atoms with van der Waals surface area (Å²) in [5.41, 5.74) is -0.311. The van der Waals surface area contributed by atoms with Gasteiger partial charge in [-0.15, -0.1) is 0 Å². The molecule has 1 N–H and O–H groups in total. The minimum Gasteiger partial charge on any atom is -0.326 e. The van der Waals surface area contributed by atoms with E-state index in [9.17, 15) is 24.5 Å². The van der Waals surface area contributed by atoms with Crippen molar-refractivity contribution in [2.75, 3.05) is 15.3 Å². The minimum atomic E-state index is -1.59. The monoisotopic (exact) mass is 486 g/mol. The second-order valence-electron chi connectivity index (χ2n) is 8.62. The average molecular weight is 487 g/mol. The number of hydrogen-bond acceptors (Lipinski definition) is 5. The van der Waals surface area contributed by atoms with Crippen molar-refractivity contribution in [1.82, 2.24) is 0 Å². The zero-order valence-corrected chi connectivity index (χ0v) is 19.8. The first-order chi connectivity index (χ1) is 17.4. The summed E-state index contributed by atoms with van der Waals surface area (Å²) in [4.78, 5) is 51.6. The topological polar surface area (TPSA) is 113 Å². The molecule has 0 atom stereocenters. The highest BCUT2D eigenvalue weighted by atomic mass is 16.6. The third-order valence-corrected chi connectivity index (χ3v) is 6.19. The first-order valence-corrected chi connectivity index (χ1v) is 11.7. The molecule has 0 bridgehead atoms. The van der Waals surface area contributed by atoms with Gasteiger partial charge in [0.05, 0.1) is 22.7 Å². The molecule has 0 radical (unpaired) electrons. The van der Waals surface area contributed by atoms with Gasteiger partial charge in [0.2, 0.25) is 5.91 Å². The molecule has 0 unspecified atom stereocenters. The van der Waals surface area contributed by atoms with E-state index in [4.69, 9.17) is 0 Å². The van der Waals surface area contributed by atoms with Crippen LogP contribution >= 0.6 is 0 Å². The number of nitro benzene ring substituents is 1. The molecule has 0 aliphatic carbocycles. The fourth-order valence-electron chi connectivity index (χ4n) is 4.36. The SMILES string of the molecule is CCCCC1(CC(=O)Nc2ccc([N+](=O)[O-])cc2)C(=O)N(c2ccccc2)N(c2ccccc2)C1=O. The van der Waals surface area contributed by atoms with E-state index in [0.29, 0.717) is 23.5 Å². The molecule has 184 valence electrons. The van der Waals surface area contributed by atoms with Crippen molar-refractivity contribution >= 4 is 40.5 Å². The fraction of sp³-hybridized carbons (Fsp3) is 0.222. The van der Waals surface area contributed by atoms with Crippen LogP contribution in [0.15, 0.2) is 84.9 Å². The van der Waals surface area contributed by atoms with Crippen LogP contribution in [0.4, 0.5) is 22.7 Å². The van der Waals surface area contributed by atoms with Crippen LogP contribution < -0.4 is 15.3 Å². The maximum atomic E-state index is 14.0. The Labute approximate surface area is 208 Å². The molecular formula is C27H26N4O5. The van der Waals surface area contributed by atoms with Crippen LogP contribution in [0.1, 0.15) is 32.6 Å². The van der Waals surface area contributed by atoms with Crippen molar-refractivity contribution in [2.45, 2.75) is 32.6 Å². The van der Waals surface area contributed by atoms with Crippen LogP contribution in [0.2, 0.25) is 0 Å². The molecule has 9 heteroatoms. The van der Waals surface area contributed by atoms with Gasteiger partial charge in [-0.05, 0) is 42.8 Å². The highest BCUT2D eigenvalue weighted by Gasteiger charge is 2.59. The lowest BCUT2D eigenvalue weighted by Gasteiger charge is -2.27. The molecule has 36 heavy (non-hydrogen) atoms. The second kappa shape index (κ2) is 10.4. The quantitative estimate of drug-likeness (QED) is 0.257. The molecule has 9 nitrogen and oxygen atoms in total. The summed E-state index contributed by atoms with van der Waals surface area (Å²) in [6, 6.07) is 23.1. The summed E-state index contributed by atoms with van der Waals surface area (Å²) in [7, 11) is 0. The Morgan fingerprint density at radius 3 is 1.81 bits per heavy atom. The standard InChI is InChI=1S/C27H26N4O5/c1-2-3-18-27(19-24(32)28-20-14-16-23(17-15-20)31(35)36)25(33)29(21-10-6-4-7-11-21)30(26(27)34)22-12-8-5-9-13-22/h4-17H,2-3,18-19H2,1H3,(H,28,32). The molecule has 1 fully saturated rings. The number of non-ortho nitro benzene ring substituents is 1. The highest BCUT2D eigenvalue weighted by molar-refractivity contribution is 6.27. The van der Waals surface area contributed by atoms with Crippen molar-refractivity contribution in [2.24, 2.45) is 5.41 Å². The lowest BCUT2D eigenvalue weighted by Crippen LogP contribution is -2.41. The van der Waals surface area contributed by atoms with Gasteiger partial charge in [0, 0.05) is 17.8 Å². The molecule has 4 rings (SSSR count). The van der Waals surface area contributed by atoms with Crippen LogP contribution in [0.5, 0.6) is 0 Å². The number of anilines is 3. The van der Waals surface area contributed by atoms with E-state index < -0.39 is 28.1 Å². The molecule has 1 aliphatic rings. The molecule has 1 saturated heterocycles. The van der Waals surface area contributed by atoms with E-state index in [1.165, 1.54) is 34.3 Å². The van der Waals surface area contributed by atoms with E-state index in [2.05, 4.69) is 5.32 Å². The predicted molar refractivity (Wildman–Crippen MR) is 136 cm³/mol. The van der Waals surface area contributed by atoms with Crippen LogP contribution in [0.3, 0.4) is 0 Å². The van der Waals surface area contributed by atoms with Gasteiger partial charge in [-0.3, -0.25) is 24.5 Å². The Hall–Kier alpha value is -4.53. The first kappa shape index (κ1) is 24.6. The molecule has 3 aromatic carbocycles. The summed E-state index contributed by atoms with van der Waals surface area (Å²) >= 11 is 0. The van der Waals surface area contributed by atoms with E-state index in [-0.39, 0.29) is 18.5 Å². The third-order valence-electron chi connectivity index (χ3n) is 6.19. The van der Waals surface area contributed by atoms with Crippen molar-refractivity contribution in [3.05, 3.63) is 95.0 Å². The largest absolute Gasteiger partial charge is 0.326 e. The summed E-state index contributed by atoms with van der Waals surface area (Å²) in [5, 5.41) is 16.3. The molecule has 0 aromatic heterocycles. The normalized spacial score (nSPS) is 14.7. The van der Waals surface area contributed by atoms with Gasteiger partial charge < -0.3 is 5.32 Å². The van der Waals surface area contributed by atoms with Gasteiger partial charge in [-0.25, -0.2) is 10.0 Å². The molecule has 1 aliphatic heterocycles. The Morgan fingerprint density at radius 1 is 0.861 bits per heavy atom. The number of hydrogen-bond donors (Lipinski definition) is 1. The summed E-state index contributed by atoms with van der Waals surface area (Å²) in [6.45, 7) is 1.96. The van der Waals surface area contributed by atoms with Crippen molar-refractivity contribution in [1.29, 1.82) is 0 Å². The Balaban J connectivity index is 1.70. The molecule has 3 aromatic rings. The predicted octanol–water partition coefficient (Wildman–Crippen LogP) is 5.10. The van der Waals surface area contributed by atoms with E-state index in [1.807, 2.05) is 19.1 Å². The van der Waals surface area contributed by atoms with Gasteiger partial charge in [0.1, 0.15) is 5.41 Å². The fourth-order valence-corrected chi connectivity index (χ4v) is 4.36. The minimum absolute atomic E-state index is 0.106. The van der Waals surface area contributed by atoms with E-state index in [0.717, 1.165) is 6.42 Å². The van der Waals surface area contributed by atoms with Crippen molar-refractivity contribution in [3.8, 4) is 0 Å². The number of hydrazine groups is 1. The number of rotatable bonds is 9. The Bertz CT molecular complexity index is 1200. The van der Waals surface area contributed by atoms with Crippen LogP contribution in [-0.2, 0) is 14.4 Å². The van der Waals surface area contributed by atoms with Gasteiger partial charge >= 0.3 is 0 Å². The zero-order valence-electron chi connectivity index (χ0n) is 19.8. The van der Waals surface area contributed by atoms with E-state index >= 15 is 0 Å². The van der Waals surface area contributed by atoms with E-state index in [1.54, 1.807) is 48.5 Å². The average Bonchev–Trinajstić information content (AvgIpc) is 3.10. The molecule has 3 amide bonds. The molecular weight excluding hydrogens is 460 g/mol. The number of benzene rings is 3. The number of carbonyl (C=O) groups is 3. The molecule has 0 saturated carbocycles. The lowest BCUT2D eigenvalue weighted by molar-refractivity contribution is -0.384. The van der Waals surface area contributed by atoms with Gasteiger partial charge in [0.15, 0.2) is 0 Å². The first-order valence-electron chi connectivity index (χ1n) is 11.7. The van der Waals surface area contributed by atoms with Crippen molar-refractivity contribution < 1.29 is 19.3 Å². The number of amides is 3. The van der Waals surface area contributed by atoms with Gasteiger partial charge in [0.25, 0.3) is 17.5 Å². The Kier molecular flexibility index (Phi) is 7.10. The van der Waals surface area contributed by atoms with Crippen LogP contribution in [-0.4, -0.2) is 22.6 Å². The third kappa shape index (κ3) is 4.68. The highest BCUT2D eigenvalue weighted by Crippen LogP contribution is 2.44. The zero-order chi connectivity index (χ0) is 25.7. The summed E-state index contributed by atoms with van der Waals surface area (Å²) in [5.74, 6) is -1.45. The molecule has 1 heterocycles. The van der Waals surface area contributed by atoms with Crippen LogP contribution in [0.25, 0.3) is 0 Å². The lowest BCUT2D eigenvalue weighted by atomic mass is 9.78. The van der Waals surface area contributed by atoms with Crippen LogP contribution in [0, 0.1) is 15.5 Å². The maximum Gasteiger partial charge on any atom is 0.269 e. The number of para-hydroxylation sites is 2. The van der Waals surface area contributed by atoms with Crippen molar-refractivity contribution in [3.63, 3.8) is 0 Å². The van der Waals surface area contributed by atoms with Gasteiger partial charge in [-0.2, -0.15) is 0 Å². The summed E-state index contributed by atoms with van der Waals surface area (Å²) in [6.07, 6.45) is 1.17. The maximum absolute atomic E-state index is 14.0. The number of carbonyl (C=O) groups excluding carboxylic acids is 3. The second-order valence-corrected chi connectivity index (χ2v) is 8.62. The Morgan fingerprint density at radius 2 is 1.36 bits per heavy atom. The number of nitro groups is 1. The number of unbranched alkanes of at least 4 members (excludes halogenated alkanes) is 1. The number of nitrogens with one attached hydrogen (secondary N) is 1.